The molecule has 0 aliphatic carbocycles. The molecule has 0 spiro atoms. The predicted octanol–water partition coefficient (Wildman–Crippen LogP) is 2.42. The lowest BCUT2D eigenvalue weighted by molar-refractivity contribution is 0.188. The van der Waals surface area contributed by atoms with Crippen molar-refractivity contribution >= 4 is 43.7 Å². The number of hydrogen-bond acceptors (Lipinski definition) is 9. The number of rotatable bonds is 6. The van der Waals surface area contributed by atoms with Crippen molar-refractivity contribution in [3.8, 4) is 5.75 Å². The molecule has 0 bridgehead atoms. The SMILES string of the molecule is COCCn1cnc2c(N3CCN(c4nc5c(OC)cccc5s4)CC3)ncnc21. The van der Waals surface area contributed by atoms with Gasteiger partial charge in [-0.2, -0.15) is 0 Å². The Bertz CT molecular complexity index is 1170. The number of para-hydroxylation sites is 1. The standard InChI is InChI=1S/C20H23N7O2S/c1-28-11-10-27-13-23-17-18(21-12-22-19(17)27)25-6-8-26(9-7-25)20-24-16-14(29-2)4-3-5-15(16)30-20/h3-5,12-13H,6-11H2,1-2H3. The summed E-state index contributed by atoms with van der Waals surface area (Å²) in [6, 6.07) is 6.05. The molecule has 156 valence electrons. The number of nitrogens with zero attached hydrogens (tertiary/aromatic N) is 7. The van der Waals surface area contributed by atoms with Gasteiger partial charge in [-0.3, -0.25) is 0 Å². The molecular weight excluding hydrogens is 402 g/mol. The van der Waals surface area contributed by atoms with Crippen molar-refractivity contribution in [1.29, 1.82) is 0 Å². The van der Waals surface area contributed by atoms with Crippen molar-refractivity contribution in [3.63, 3.8) is 0 Å². The third-order valence-corrected chi connectivity index (χ3v) is 6.44. The fourth-order valence-corrected chi connectivity index (χ4v) is 4.81. The van der Waals surface area contributed by atoms with E-state index >= 15 is 0 Å². The second kappa shape index (κ2) is 8.04. The molecular formula is C20H23N7O2S. The van der Waals surface area contributed by atoms with E-state index in [2.05, 4.69) is 30.8 Å². The van der Waals surface area contributed by atoms with Gasteiger partial charge in [-0.15, -0.1) is 0 Å². The minimum absolute atomic E-state index is 0.621. The van der Waals surface area contributed by atoms with Crippen LogP contribution in [0.5, 0.6) is 5.75 Å². The molecule has 0 atom stereocenters. The molecule has 0 radical (unpaired) electrons. The van der Waals surface area contributed by atoms with Gasteiger partial charge < -0.3 is 23.8 Å². The van der Waals surface area contributed by atoms with Crippen LogP contribution in [-0.2, 0) is 11.3 Å². The van der Waals surface area contributed by atoms with Crippen LogP contribution in [0.1, 0.15) is 0 Å². The van der Waals surface area contributed by atoms with E-state index in [1.807, 2.05) is 23.0 Å². The van der Waals surface area contributed by atoms with Crippen molar-refractivity contribution in [3.05, 3.63) is 30.9 Å². The highest BCUT2D eigenvalue weighted by Crippen LogP contribution is 2.34. The van der Waals surface area contributed by atoms with E-state index in [4.69, 9.17) is 14.5 Å². The van der Waals surface area contributed by atoms with E-state index in [0.29, 0.717) is 6.61 Å². The summed E-state index contributed by atoms with van der Waals surface area (Å²) in [5.41, 5.74) is 2.62. The number of thiazole rings is 1. The quantitative estimate of drug-likeness (QED) is 0.466. The maximum Gasteiger partial charge on any atom is 0.186 e. The second-order valence-corrected chi connectivity index (χ2v) is 8.09. The minimum Gasteiger partial charge on any atom is -0.494 e. The lowest BCUT2D eigenvalue weighted by Crippen LogP contribution is -2.46. The maximum absolute atomic E-state index is 5.46. The van der Waals surface area contributed by atoms with Crippen molar-refractivity contribution in [2.24, 2.45) is 0 Å². The zero-order valence-electron chi connectivity index (χ0n) is 17.0. The van der Waals surface area contributed by atoms with Crippen LogP contribution in [0.15, 0.2) is 30.9 Å². The molecule has 10 heteroatoms. The van der Waals surface area contributed by atoms with Gasteiger partial charge in [0.25, 0.3) is 0 Å². The summed E-state index contributed by atoms with van der Waals surface area (Å²) in [5.74, 6) is 1.71. The molecule has 3 aromatic heterocycles. The molecule has 5 rings (SSSR count). The highest BCUT2D eigenvalue weighted by atomic mass is 32.1. The molecule has 4 heterocycles. The van der Waals surface area contributed by atoms with Gasteiger partial charge in [0.1, 0.15) is 17.6 Å². The summed E-state index contributed by atoms with van der Waals surface area (Å²) in [6.07, 6.45) is 3.43. The largest absolute Gasteiger partial charge is 0.494 e. The van der Waals surface area contributed by atoms with Gasteiger partial charge in [0.2, 0.25) is 0 Å². The van der Waals surface area contributed by atoms with Crippen molar-refractivity contribution in [2.45, 2.75) is 6.54 Å². The summed E-state index contributed by atoms with van der Waals surface area (Å²) in [5, 5.41) is 1.03. The minimum atomic E-state index is 0.621. The van der Waals surface area contributed by atoms with E-state index in [9.17, 15) is 0 Å². The average molecular weight is 426 g/mol. The molecule has 0 saturated carbocycles. The summed E-state index contributed by atoms with van der Waals surface area (Å²) in [7, 11) is 3.38. The van der Waals surface area contributed by atoms with E-state index < -0.39 is 0 Å². The van der Waals surface area contributed by atoms with E-state index in [0.717, 1.165) is 70.8 Å². The van der Waals surface area contributed by atoms with Crippen molar-refractivity contribution in [1.82, 2.24) is 24.5 Å². The van der Waals surface area contributed by atoms with Crippen LogP contribution in [0.25, 0.3) is 21.4 Å². The first-order chi connectivity index (χ1) is 14.8. The highest BCUT2D eigenvalue weighted by Gasteiger charge is 2.24. The molecule has 1 aliphatic rings. The number of imidazole rings is 1. The number of anilines is 2. The highest BCUT2D eigenvalue weighted by molar-refractivity contribution is 7.22. The Morgan fingerprint density at radius 2 is 1.83 bits per heavy atom. The number of fused-ring (bicyclic) bond motifs is 2. The van der Waals surface area contributed by atoms with Crippen molar-refractivity contribution < 1.29 is 9.47 Å². The Labute approximate surface area is 177 Å². The molecule has 9 nitrogen and oxygen atoms in total. The number of methoxy groups -OCH3 is 2. The lowest BCUT2D eigenvalue weighted by atomic mass is 10.3. The molecule has 30 heavy (non-hydrogen) atoms. The fourth-order valence-electron chi connectivity index (χ4n) is 3.77. The average Bonchev–Trinajstić information content (AvgIpc) is 3.42. The lowest BCUT2D eigenvalue weighted by Gasteiger charge is -2.35. The van der Waals surface area contributed by atoms with Crippen LogP contribution < -0.4 is 14.5 Å². The molecule has 4 aromatic rings. The number of piperazine rings is 1. The van der Waals surface area contributed by atoms with Crippen LogP contribution in [0.2, 0.25) is 0 Å². The normalized spacial score (nSPS) is 14.7. The van der Waals surface area contributed by atoms with Gasteiger partial charge in [0.05, 0.1) is 24.7 Å². The van der Waals surface area contributed by atoms with Crippen LogP contribution in [0.4, 0.5) is 10.9 Å². The van der Waals surface area contributed by atoms with E-state index in [1.54, 1.807) is 31.9 Å². The Kier molecular flexibility index (Phi) is 5.09. The zero-order chi connectivity index (χ0) is 20.5. The third kappa shape index (κ3) is 3.31. The maximum atomic E-state index is 5.46. The van der Waals surface area contributed by atoms with E-state index in [1.165, 1.54) is 0 Å². The molecule has 0 N–H and O–H groups in total. The van der Waals surface area contributed by atoms with Crippen molar-refractivity contribution in [2.75, 3.05) is 56.8 Å². The Hall–Kier alpha value is -2.98. The Morgan fingerprint density at radius 3 is 2.63 bits per heavy atom. The van der Waals surface area contributed by atoms with Gasteiger partial charge in [0.15, 0.2) is 22.1 Å². The topological polar surface area (TPSA) is 81.4 Å². The first kappa shape index (κ1) is 19.0. The number of aromatic nitrogens is 5. The van der Waals surface area contributed by atoms with Gasteiger partial charge >= 0.3 is 0 Å². The second-order valence-electron chi connectivity index (χ2n) is 7.08. The van der Waals surface area contributed by atoms with Crippen LogP contribution in [0, 0.1) is 0 Å². The van der Waals surface area contributed by atoms with Gasteiger partial charge in [-0.25, -0.2) is 19.9 Å². The summed E-state index contributed by atoms with van der Waals surface area (Å²) >= 11 is 1.71. The smallest absolute Gasteiger partial charge is 0.186 e. The van der Waals surface area contributed by atoms with Crippen LogP contribution in [-0.4, -0.2) is 71.5 Å². The molecule has 1 fully saturated rings. The molecule has 1 aliphatic heterocycles. The first-order valence-corrected chi connectivity index (χ1v) is 10.7. The molecule has 1 aromatic carbocycles. The summed E-state index contributed by atoms with van der Waals surface area (Å²) in [6.45, 7) is 4.79. The van der Waals surface area contributed by atoms with Crippen LogP contribution in [0.3, 0.4) is 0 Å². The van der Waals surface area contributed by atoms with E-state index in [-0.39, 0.29) is 0 Å². The summed E-state index contributed by atoms with van der Waals surface area (Å²) < 4.78 is 13.8. The molecule has 0 unspecified atom stereocenters. The third-order valence-electron chi connectivity index (χ3n) is 5.36. The monoisotopic (exact) mass is 425 g/mol. The van der Waals surface area contributed by atoms with Gasteiger partial charge in [-0.1, -0.05) is 17.4 Å². The first-order valence-electron chi connectivity index (χ1n) is 9.86. The Balaban J connectivity index is 1.34. The molecule has 0 amide bonds. The number of benzene rings is 1. The van der Waals surface area contributed by atoms with Crippen LogP contribution >= 0.6 is 11.3 Å². The fraction of sp³-hybridized carbons (Fsp3) is 0.400. The molecule has 1 saturated heterocycles. The Morgan fingerprint density at radius 1 is 1.00 bits per heavy atom. The number of ether oxygens (including phenoxy) is 2. The number of hydrogen-bond donors (Lipinski definition) is 0. The predicted molar refractivity (Wildman–Crippen MR) is 118 cm³/mol. The zero-order valence-corrected chi connectivity index (χ0v) is 17.8. The summed E-state index contributed by atoms with van der Waals surface area (Å²) in [4.78, 5) is 23.0. The van der Waals surface area contributed by atoms with Gasteiger partial charge in [-0.05, 0) is 12.1 Å². The van der Waals surface area contributed by atoms with Gasteiger partial charge in [0, 0.05) is 39.8 Å².